The average Bonchev–Trinajstić information content (AvgIpc) is 3.30. The quantitative estimate of drug-likeness (QED) is 0.491. The van der Waals surface area contributed by atoms with Gasteiger partial charge in [-0.15, -0.1) is 0 Å². The summed E-state index contributed by atoms with van der Waals surface area (Å²) in [4.78, 5) is 32.6. The van der Waals surface area contributed by atoms with Gasteiger partial charge >= 0.3 is 6.03 Å². The number of amides is 3. The summed E-state index contributed by atoms with van der Waals surface area (Å²) in [6.45, 7) is 0.208. The third-order valence-electron chi connectivity index (χ3n) is 5.03. The predicted molar refractivity (Wildman–Crippen MR) is 109 cm³/mol. The molecule has 1 aliphatic heterocycles. The smallest absolute Gasteiger partial charge is 0.309 e. The van der Waals surface area contributed by atoms with Crippen LogP contribution < -0.4 is 4.90 Å². The van der Waals surface area contributed by atoms with Gasteiger partial charge in [-0.1, -0.05) is 24.3 Å². The van der Waals surface area contributed by atoms with E-state index in [0.717, 1.165) is 4.90 Å². The number of pyridine rings is 1. The predicted octanol–water partition coefficient (Wildman–Crippen LogP) is 3.53. The largest absolute Gasteiger partial charge is 0.332 e. The number of halogens is 1. The number of anilines is 1. The normalized spacial score (nSPS) is 14.2. The SMILES string of the molecule is O=C1CN(Cc2ccccn2)C(=O)N1c1cccc2c1cnn2-c1ccccc1F. The standard InChI is InChI=1S/C22H16FN5O2/c23-17-7-1-2-8-20(17)28-19-10-5-9-18(16(19)12-25-28)27-21(29)14-26(22(27)30)13-15-6-3-4-11-24-15/h1-12H,13-14H2. The molecule has 8 heteroatoms. The fourth-order valence-electron chi connectivity index (χ4n) is 3.64. The molecule has 1 aliphatic rings. The van der Waals surface area contributed by atoms with E-state index >= 15 is 0 Å². The lowest BCUT2D eigenvalue weighted by Crippen LogP contribution is -2.33. The molecule has 0 saturated carbocycles. The number of aromatic nitrogens is 3. The molecule has 5 rings (SSSR count). The second kappa shape index (κ2) is 7.07. The lowest BCUT2D eigenvalue weighted by Gasteiger charge is -2.17. The Labute approximate surface area is 171 Å². The van der Waals surface area contributed by atoms with Gasteiger partial charge in [-0.2, -0.15) is 5.10 Å². The second-order valence-corrected chi connectivity index (χ2v) is 6.91. The summed E-state index contributed by atoms with van der Waals surface area (Å²) < 4.78 is 15.7. The summed E-state index contributed by atoms with van der Waals surface area (Å²) in [5.41, 5.74) is 2.02. The van der Waals surface area contributed by atoms with Crippen LogP contribution in [0.15, 0.2) is 73.1 Å². The minimum absolute atomic E-state index is 0.0345. The zero-order valence-electron chi connectivity index (χ0n) is 15.8. The van der Waals surface area contributed by atoms with Gasteiger partial charge in [-0.25, -0.2) is 18.8 Å². The number of carbonyl (C=O) groups excluding carboxylic acids is 2. The van der Waals surface area contributed by atoms with E-state index in [9.17, 15) is 14.0 Å². The number of nitrogens with zero attached hydrogens (tertiary/aromatic N) is 5. The van der Waals surface area contributed by atoms with Crippen molar-refractivity contribution in [2.45, 2.75) is 6.54 Å². The fourth-order valence-corrected chi connectivity index (χ4v) is 3.64. The Morgan fingerprint density at radius 1 is 0.933 bits per heavy atom. The maximum Gasteiger partial charge on any atom is 0.332 e. The van der Waals surface area contributed by atoms with Gasteiger partial charge < -0.3 is 4.90 Å². The van der Waals surface area contributed by atoms with Crippen molar-refractivity contribution in [3.8, 4) is 5.69 Å². The first-order valence-corrected chi connectivity index (χ1v) is 9.37. The van der Waals surface area contributed by atoms with E-state index in [1.165, 1.54) is 15.6 Å². The molecular formula is C22H16FN5O2. The molecule has 1 fully saturated rings. The molecule has 3 heterocycles. The van der Waals surface area contributed by atoms with Crippen molar-refractivity contribution >= 4 is 28.5 Å². The zero-order valence-corrected chi connectivity index (χ0v) is 15.8. The van der Waals surface area contributed by atoms with Gasteiger partial charge in [0.2, 0.25) is 0 Å². The molecule has 7 nitrogen and oxygen atoms in total. The molecule has 2 aromatic carbocycles. The zero-order chi connectivity index (χ0) is 20.7. The number of hydrogen-bond donors (Lipinski definition) is 0. The maximum absolute atomic E-state index is 14.3. The van der Waals surface area contributed by atoms with Gasteiger partial charge in [0, 0.05) is 11.6 Å². The van der Waals surface area contributed by atoms with Gasteiger partial charge in [-0.05, 0) is 36.4 Å². The number of hydrogen-bond acceptors (Lipinski definition) is 4. The van der Waals surface area contributed by atoms with E-state index in [2.05, 4.69) is 10.1 Å². The van der Waals surface area contributed by atoms with E-state index in [1.54, 1.807) is 60.9 Å². The van der Waals surface area contributed by atoms with Crippen molar-refractivity contribution < 1.29 is 14.0 Å². The van der Waals surface area contributed by atoms with Crippen molar-refractivity contribution in [3.05, 3.63) is 84.6 Å². The van der Waals surface area contributed by atoms with Gasteiger partial charge in [0.1, 0.15) is 18.0 Å². The van der Waals surface area contributed by atoms with Crippen LogP contribution in [0, 0.1) is 5.82 Å². The van der Waals surface area contributed by atoms with E-state index < -0.39 is 11.8 Å². The number of benzene rings is 2. The highest BCUT2D eigenvalue weighted by atomic mass is 19.1. The summed E-state index contributed by atoms with van der Waals surface area (Å²) in [5.74, 6) is -0.746. The van der Waals surface area contributed by atoms with Crippen LogP contribution in [0.4, 0.5) is 14.9 Å². The summed E-state index contributed by atoms with van der Waals surface area (Å²) in [6.07, 6.45) is 3.19. The summed E-state index contributed by atoms with van der Waals surface area (Å²) >= 11 is 0. The van der Waals surface area contributed by atoms with Gasteiger partial charge in [-0.3, -0.25) is 9.78 Å². The molecule has 30 heavy (non-hydrogen) atoms. The van der Waals surface area contributed by atoms with Crippen LogP contribution in [0.5, 0.6) is 0 Å². The van der Waals surface area contributed by atoms with Crippen LogP contribution in [0.1, 0.15) is 5.69 Å². The molecule has 0 radical (unpaired) electrons. The van der Waals surface area contributed by atoms with E-state index in [4.69, 9.17) is 0 Å². The van der Waals surface area contributed by atoms with Crippen LogP contribution in [-0.2, 0) is 11.3 Å². The van der Waals surface area contributed by atoms with E-state index in [1.807, 2.05) is 6.07 Å². The van der Waals surface area contributed by atoms with Crippen LogP contribution in [0.2, 0.25) is 0 Å². The first-order chi connectivity index (χ1) is 14.6. The van der Waals surface area contributed by atoms with Crippen molar-refractivity contribution in [3.63, 3.8) is 0 Å². The molecule has 0 unspecified atom stereocenters. The maximum atomic E-state index is 14.3. The molecule has 0 N–H and O–H groups in total. The molecule has 0 aliphatic carbocycles. The Kier molecular flexibility index (Phi) is 4.24. The topological polar surface area (TPSA) is 71.3 Å². The molecule has 0 atom stereocenters. The number of fused-ring (bicyclic) bond motifs is 1. The van der Waals surface area contributed by atoms with Gasteiger partial charge in [0.05, 0.1) is 29.6 Å². The monoisotopic (exact) mass is 401 g/mol. The van der Waals surface area contributed by atoms with Crippen molar-refractivity contribution in [2.75, 3.05) is 11.4 Å². The minimum Gasteiger partial charge on any atom is -0.309 e. The summed E-state index contributed by atoms with van der Waals surface area (Å²) in [5, 5.41) is 4.88. The second-order valence-electron chi connectivity index (χ2n) is 6.91. The molecule has 2 aromatic heterocycles. The van der Waals surface area contributed by atoms with Crippen LogP contribution >= 0.6 is 0 Å². The molecule has 3 amide bonds. The molecule has 4 aromatic rings. The number of rotatable bonds is 4. The van der Waals surface area contributed by atoms with Crippen LogP contribution in [0.25, 0.3) is 16.6 Å². The van der Waals surface area contributed by atoms with Crippen molar-refractivity contribution in [1.29, 1.82) is 0 Å². The van der Waals surface area contributed by atoms with Crippen LogP contribution in [-0.4, -0.2) is 38.1 Å². The molecular weight excluding hydrogens is 385 g/mol. The third-order valence-corrected chi connectivity index (χ3v) is 5.03. The summed E-state index contributed by atoms with van der Waals surface area (Å²) in [6, 6.07) is 16.5. The number of para-hydroxylation sites is 1. The van der Waals surface area contributed by atoms with Crippen molar-refractivity contribution in [2.24, 2.45) is 0 Å². The van der Waals surface area contributed by atoms with E-state index in [-0.39, 0.29) is 19.0 Å². The minimum atomic E-state index is -0.420. The lowest BCUT2D eigenvalue weighted by atomic mass is 10.2. The average molecular weight is 401 g/mol. The highest BCUT2D eigenvalue weighted by Gasteiger charge is 2.38. The Hall–Kier alpha value is -4.07. The van der Waals surface area contributed by atoms with E-state index in [0.29, 0.717) is 28.0 Å². The van der Waals surface area contributed by atoms with Crippen molar-refractivity contribution in [1.82, 2.24) is 19.7 Å². The highest BCUT2D eigenvalue weighted by molar-refractivity contribution is 6.22. The third kappa shape index (κ3) is 2.89. The fraction of sp³-hybridized carbons (Fsp3) is 0.0909. The summed E-state index contributed by atoms with van der Waals surface area (Å²) in [7, 11) is 0. The molecule has 148 valence electrons. The molecule has 1 saturated heterocycles. The Balaban J connectivity index is 1.53. The Morgan fingerprint density at radius 2 is 1.73 bits per heavy atom. The van der Waals surface area contributed by atoms with Crippen LogP contribution in [0.3, 0.4) is 0 Å². The van der Waals surface area contributed by atoms with Gasteiger partial charge in [0.25, 0.3) is 5.91 Å². The highest BCUT2D eigenvalue weighted by Crippen LogP contribution is 2.31. The first kappa shape index (κ1) is 18.0. The molecule has 0 spiro atoms. The Bertz CT molecular complexity index is 1270. The number of urea groups is 1. The first-order valence-electron chi connectivity index (χ1n) is 9.37. The lowest BCUT2D eigenvalue weighted by molar-refractivity contribution is -0.116. The number of carbonyl (C=O) groups is 2. The molecule has 0 bridgehead atoms. The Morgan fingerprint density at radius 3 is 2.53 bits per heavy atom. The number of imide groups is 1. The van der Waals surface area contributed by atoms with Gasteiger partial charge in [0.15, 0.2) is 0 Å².